The first kappa shape index (κ1) is 15.9. The smallest absolute Gasteiger partial charge is 0.292 e. The summed E-state index contributed by atoms with van der Waals surface area (Å²) in [7, 11) is 1.59. The molecule has 0 bridgehead atoms. The van der Waals surface area contributed by atoms with Crippen LogP contribution in [0, 0.1) is 16.0 Å². The fourth-order valence-electron chi connectivity index (χ4n) is 2.11. The maximum atomic E-state index is 12.1. The van der Waals surface area contributed by atoms with E-state index in [0.717, 1.165) is 6.42 Å². The molecule has 0 fully saturated rings. The van der Waals surface area contributed by atoms with Crippen LogP contribution in [0.25, 0.3) is 0 Å². The summed E-state index contributed by atoms with van der Waals surface area (Å²) in [5.41, 5.74) is 0.703. The second-order valence-electron chi connectivity index (χ2n) is 5.24. The molecular formula is C14H21N3O3. The molecule has 6 nitrogen and oxygen atoms in total. The molecule has 1 rings (SSSR count). The Labute approximate surface area is 118 Å². The third-order valence-corrected chi connectivity index (χ3v) is 2.93. The summed E-state index contributed by atoms with van der Waals surface area (Å²) < 4.78 is 0. The minimum absolute atomic E-state index is 0.0423. The van der Waals surface area contributed by atoms with Gasteiger partial charge < -0.3 is 10.6 Å². The molecule has 0 aliphatic carbocycles. The molecule has 0 aliphatic heterocycles. The summed E-state index contributed by atoms with van der Waals surface area (Å²) in [6.45, 7) is 6.13. The number of carbonyl (C=O) groups is 1. The van der Waals surface area contributed by atoms with E-state index in [1.807, 2.05) is 6.92 Å². The Hall–Kier alpha value is -2.11. The van der Waals surface area contributed by atoms with Crippen molar-refractivity contribution in [3.8, 4) is 0 Å². The number of anilines is 1. The zero-order valence-corrected chi connectivity index (χ0v) is 12.3. The third-order valence-electron chi connectivity index (χ3n) is 2.93. The molecule has 110 valence electrons. The van der Waals surface area contributed by atoms with Gasteiger partial charge in [0, 0.05) is 24.7 Å². The van der Waals surface area contributed by atoms with Gasteiger partial charge in [0.05, 0.1) is 4.92 Å². The van der Waals surface area contributed by atoms with E-state index in [2.05, 4.69) is 24.5 Å². The molecule has 2 N–H and O–H groups in total. The van der Waals surface area contributed by atoms with Gasteiger partial charge in [-0.3, -0.25) is 14.9 Å². The van der Waals surface area contributed by atoms with Crippen molar-refractivity contribution >= 4 is 17.3 Å². The molecule has 1 aromatic rings. The highest BCUT2D eigenvalue weighted by molar-refractivity contribution is 5.96. The average Bonchev–Trinajstić information content (AvgIpc) is 2.36. The Morgan fingerprint density at radius 2 is 2.00 bits per heavy atom. The second-order valence-corrected chi connectivity index (χ2v) is 5.24. The van der Waals surface area contributed by atoms with Gasteiger partial charge >= 0.3 is 0 Å². The van der Waals surface area contributed by atoms with E-state index < -0.39 is 4.92 Å². The lowest BCUT2D eigenvalue weighted by Crippen LogP contribution is -2.33. The van der Waals surface area contributed by atoms with E-state index in [4.69, 9.17) is 0 Å². The normalized spacial score (nSPS) is 12.1. The Morgan fingerprint density at radius 3 is 2.50 bits per heavy atom. The molecule has 20 heavy (non-hydrogen) atoms. The summed E-state index contributed by atoms with van der Waals surface area (Å²) in [5, 5.41) is 16.5. The Kier molecular flexibility index (Phi) is 5.49. The summed E-state index contributed by atoms with van der Waals surface area (Å²) in [5.74, 6) is 0.277. The zero-order valence-electron chi connectivity index (χ0n) is 12.3. The SMILES string of the molecule is CNc1cc(C(=O)NC(C)CC(C)C)ccc1[N+](=O)[O-]. The van der Waals surface area contributed by atoms with Gasteiger partial charge in [0.25, 0.3) is 11.6 Å². The van der Waals surface area contributed by atoms with Crippen LogP contribution >= 0.6 is 0 Å². The predicted octanol–water partition coefficient (Wildman–Crippen LogP) is 2.80. The summed E-state index contributed by atoms with van der Waals surface area (Å²) in [4.78, 5) is 22.4. The summed E-state index contributed by atoms with van der Waals surface area (Å²) in [6.07, 6.45) is 0.887. The number of nitrogens with zero attached hydrogens (tertiary/aromatic N) is 1. The molecule has 0 radical (unpaired) electrons. The van der Waals surface area contributed by atoms with Crippen LogP contribution in [0.1, 0.15) is 37.6 Å². The summed E-state index contributed by atoms with van der Waals surface area (Å²) >= 11 is 0. The number of rotatable bonds is 6. The number of amides is 1. The number of nitrogens with one attached hydrogen (secondary N) is 2. The van der Waals surface area contributed by atoms with Gasteiger partial charge in [-0.1, -0.05) is 13.8 Å². The van der Waals surface area contributed by atoms with E-state index >= 15 is 0 Å². The second kappa shape index (κ2) is 6.88. The van der Waals surface area contributed by atoms with Gasteiger partial charge in [0.1, 0.15) is 5.69 Å². The average molecular weight is 279 g/mol. The molecule has 0 aliphatic rings. The quantitative estimate of drug-likeness (QED) is 0.619. The lowest BCUT2D eigenvalue weighted by Gasteiger charge is -2.16. The van der Waals surface area contributed by atoms with Crippen LogP contribution in [-0.4, -0.2) is 23.9 Å². The van der Waals surface area contributed by atoms with Crippen LogP contribution in [0.5, 0.6) is 0 Å². The van der Waals surface area contributed by atoms with Crippen LogP contribution in [0.3, 0.4) is 0 Å². The van der Waals surface area contributed by atoms with E-state index in [1.165, 1.54) is 18.2 Å². The van der Waals surface area contributed by atoms with Gasteiger partial charge in [-0.15, -0.1) is 0 Å². The van der Waals surface area contributed by atoms with Crippen molar-refractivity contribution in [3.05, 3.63) is 33.9 Å². The molecule has 0 spiro atoms. The third kappa shape index (κ3) is 4.22. The maximum absolute atomic E-state index is 12.1. The maximum Gasteiger partial charge on any atom is 0.292 e. The Morgan fingerprint density at radius 1 is 1.35 bits per heavy atom. The molecule has 0 heterocycles. The molecule has 0 saturated carbocycles. The largest absolute Gasteiger partial charge is 0.383 e. The monoisotopic (exact) mass is 279 g/mol. The lowest BCUT2D eigenvalue weighted by molar-refractivity contribution is -0.383. The number of nitro groups is 1. The van der Waals surface area contributed by atoms with Gasteiger partial charge in [0.2, 0.25) is 0 Å². The van der Waals surface area contributed by atoms with Crippen molar-refractivity contribution in [3.63, 3.8) is 0 Å². The van der Waals surface area contributed by atoms with Crippen molar-refractivity contribution in [1.29, 1.82) is 0 Å². The minimum atomic E-state index is -0.477. The standard InChI is InChI=1S/C14H21N3O3/c1-9(2)7-10(3)16-14(18)11-5-6-13(17(19)20)12(8-11)15-4/h5-6,8-10,15H,7H2,1-4H3,(H,16,18). The van der Waals surface area contributed by atoms with Gasteiger partial charge in [-0.25, -0.2) is 0 Å². The highest BCUT2D eigenvalue weighted by Crippen LogP contribution is 2.24. The highest BCUT2D eigenvalue weighted by atomic mass is 16.6. The van der Waals surface area contributed by atoms with Crippen molar-refractivity contribution in [2.24, 2.45) is 5.92 Å². The number of benzene rings is 1. The van der Waals surface area contributed by atoms with Crippen molar-refractivity contribution in [2.45, 2.75) is 33.2 Å². The zero-order chi connectivity index (χ0) is 15.3. The molecule has 0 saturated heterocycles. The number of hydrogen-bond acceptors (Lipinski definition) is 4. The predicted molar refractivity (Wildman–Crippen MR) is 79.0 cm³/mol. The molecule has 1 unspecified atom stereocenters. The topological polar surface area (TPSA) is 84.3 Å². The molecule has 1 amide bonds. The Bertz CT molecular complexity index is 500. The first-order valence-corrected chi connectivity index (χ1v) is 6.62. The molecule has 6 heteroatoms. The number of hydrogen-bond donors (Lipinski definition) is 2. The minimum Gasteiger partial charge on any atom is -0.383 e. The van der Waals surface area contributed by atoms with Gasteiger partial charge in [-0.05, 0) is 31.4 Å². The van der Waals surface area contributed by atoms with Gasteiger partial charge in [0.15, 0.2) is 0 Å². The molecule has 1 atom stereocenters. The molecule has 0 aromatic heterocycles. The number of nitro benzene ring substituents is 1. The van der Waals surface area contributed by atoms with E-state index in [1.54, 1.807) is 7.05 Å². The molecule has 1 aromatic carbocycles. The van der Waals surface area contributed by atoms with E-state index in [-0.39, 0.29) is 17.6 Å². The fourth-order valence-corrected chi connectivity index (χ4v) is 2.11. The van der Waals surface area contributed by atoms with Crippen LogP contribution < -0.4 is 10.6 Å². The van der Waals surface area contributed by atoms with E-state index in [9.17, 15) is 14.9 Å². The first-order valence-electron chi connectivity index (χ1n) is 6.62. The lowest BCUT2D eigenvalue weighted by atomic mass is 10.0. The van der Waals surface area contributed by atoms with E-state index in [0.29, 0.717) is 17.2 Å². The Balaban J connectivity index is 2.86. The van der Waals surface area contributed by atoms with Gasteiger partial charge in [-0.2, -0.15) is 0 Å². The van der Waals surface area contributed by atoms with Crippen LogP contribution in [0.4, 0.5) is 11.4 Å². The summed E-state index contributed by atoms with van der Waals surface area (Å²) in [6, 6.07) is 4.37. The van der Waals surface area contributed by atoms with Crippen LogP contribution in [-0.2, 0) is 0 Å². The highest BCUT2D eigenvalue weighted by Gasteiger charge is 2.17. The number of carbonyl (C=O) groups excluding carboxylic acids is 1. The van der Waals surface area contributed by atoms with Crippen LogP contribution in [0.15, 0.2) is 18.2 Å². The van der Waals surface area contributed by atoms with Crippen LogP contribution in [0.2, 0.25) is 0 Å². The first-order chi connectivity index (χ1) is 9.35. The van der Waals surface area contributed by atoms with Crippen molar-refractivity contribution in [1.82, 2.24) is 5.32 Å². The molecular weight excluding hydrogens is 258 g/mol. The van der Waals surface area contributed by atoms with Crippen molar-refractivity contribution < 1.29 is 9.72 Å². The van der Waals surface area contributed by atoms with Crippen molar-refractivity contribution in [2.75, 3.05) is 12.4 Å². The fraction of sp³-hybridized carbons (Fsp3) is 0.500.